The number of hydrogen-bond donors (Lipinski definition) is 1. The Hall–Kier alpha value is -3.41. The molecular weight excluding hydrogens is 306 g/mol. The van der Waals surface area contributed by atoms with E-state index >= 15 is 0 Å². The Bertz CT molecular complexity index is 829. The highest BCUT2D eigenvalue weighted by Crippen LogP contribution is 2.16. The lowest BCUT2D eigenvalue weighted by molar-refractivity contribution is 0.111. The van der Waals surface area contributed by atoms with Gasteiger partial charge in [0.05, 0.1) is 17.6 Å². The van der Waals surface area contributed by atoms with E-state index in [2.05, 4.69) is 10.4 Å². The van der Waals surface area contributed by atoms with Gasteiger partial charge in [-0.05, 0) is 17.7 Å². The molecule has 0 unspecified atom stereocenters. The summed E-state index contributed by atoms with van der Waals surface area (Å²) in [7, 11) is 0. The average Bonchev–Trinajstić information content (AvgIpc) is 3.04. The number of hydrogen-bond acceptors (Lipinski definition) is 4. The Kier molecular flexibility index (Phi) is 4.67. The van der Waals surface area contributed by atoms with Crippen LogP contribution in [0.15, 0.2) is 66.9 Å². The molecule has 3 aromatic rings. The number of anilines is 1. The van der Waals surface area contributed by atoms with E-state index in [0.717, 1.165) is 11.3 Å². The number of amides is 1. The van der Waals surface area contributed by atoms with Crippen molar-refractivity contribution in [2.45, 2.75) is 6.61 Å². The van der Waals surface area contributed by atoms with Crippen molar-refractivity contribution in [3.63, 3.8) is 0 Å². The van der Waals surface area contributed by atoms with Crippen molar-refractivity contribution in [2.24, 2.45) is 0 Å². The third-order valence-electron chi connectivity index (χ3n) is 3.32. The van der Waals surface area contributed by atoms with Crippen LogP contribution in [0.3, 0.4) is 0 Å². The van der Waals surface area contributed by atoms with Gasteiger partial charge in [0, 0.05) is 0 Å². The van der Waals surface area contributed by atoms with Crippen LogP contribution >= 0.6 is 0 Å². The number of rotatable bonds is 5. The van der Waals surface area contributed by atoms with Crippen molar-refractivity contribution < 1.29 is 14.3 Å². The zero-order chi connectivity index (χ0) is 16.8. The highest BCUT2D eigenvalue weighted by molar-refractivity contribution is 5.91. The summed E-state index contributed by atoms with van der Waals surface area (Å²) in [5, 5.41) is 6.69. The lowest BCUT2D eigenvalue weighted by Gasteiger charge is -2.05. The highest BCUT2D eigenvalue weighted by Gasteiger charge is 2.13. The van der Waals surface area contributed by atoms with Crippen LogP contribution in [0.2, 0.25) is 0 Å². The highest BCUT2D eigenvalue weighted by atomic mass is 16.5. The zero-order valence-corrected chi connectivity index (χ0v) is 12.8. The maximum absolute atomic E-state index is 11.9. The van der Waals surface area contributed by atoms with Crippen LogP contribution in [0, 0.1) is 0 Å². The molecule has 1 N–H and O–H groups in total. The molecule has 0 aliphatic heterocycles. The van der Waals surface area contributed by atoms with Crippen LogP contribution in [0.5, 0.6) is 0 Å². The number of carbonyl (C=O) groups is 2. The summed E-state index contributed by atoms with van der Waals surface area (Å²) in [6.45, 7) is 0.149. The lowest BCUT2D eigenvalue weighted by atomic mass is 10.2. The van der Waals surface area contributed by atoms with Crippen molar-refractivity contribution in [3.8, 4) is 5.69 Å². The predicted octanol–water partition coefficient (Wildman–Crippen LogP) is 3.43. The molecule has 2 aromatic carbocycles. The summed E-state index contributed by atoms with van der Waals surface area (Å²) in [4.78, 5) is 23.1. The minimum atomic E-state index is -0.644. The predicted molar refractivity (Wildman–Crippen MR) is 89.2 cm³/mol. The number of ether oxygens (including phenoxy) is 1. The Morgan fingerprint density at radius 1 is 1.08 bits per heavy atom. The van der Waals surface area contributed by atoms with Gasteiger partial charge in [0.1, 0.15) is 12.3 Å². The van der Waals surface area contributed by atoms with E-state index in [0.29, 0.717) is 12.0 Å². The normalized spacial score (nSPS) is 10.2. The van der Waals surface area contributed by atoms with Gasteiger partial charge in [-0.2, -0.15) is 5.10 Å². The van der Waals surface area contributed by atoms with Crippen LogP contribution in [-0.4, -0.2) is 22.2 Å². The third-order valence-corrected chi connectivity index (χ3v) is 3.32. The van der Waals surface area contributed by atoms with Crippen molar-refractivity contribution in [1.82, 2.24) is 9.78 Å². The quantitative estimate of drug-likeness (QED) is 0.731. The van der Waals surface area contributed by atoms with Gasteiger partial charge in [-0.3, -0.25) is 10.1 Å². The fraction of sp³-hybridized carbons (Fsp3) is 0.0556. The first-order valence-electron chi connectivity index (χ1n) is 7.34. The molecule has 0 fully saturated rings. The molecule has 0 bridgehead atoms. The molecule has 0 aliphatic carbocycles. The second-order valence-electron chi connectivity index (χ2n) is 5.01. The molecule has 24 heavy (non-hydrogen) atoms. The summed E-state index contributed by atoms with van der Waals surface area (Å²) in [5.74, 6) is 0. The molecule has 0 spiro atoms. The molecule has 0 atom stereocenters. The molecule has 0 radical (unpaired) electrons. The van der Waals surface area contributed by atoms with Crippen molar-refractivity contribution in [3.05, 3.63) is 78.1 Å². The molecular formula is C18H15N3O3. The minimum Gasteiger partial charge on any atom is -0.444 e. The summed E-state index contributed by atoms with van der Waals surface area (Å²) in [6.07, 6.45) is 1.52. The fourth-order valence-corrected chi connectivity index (χ4v) is 2.15. The van der Waals surface area contributed by atoms with Crippen molar-refractivity contribution in [2.75, 3.05) is 5.32 Å². The summed E-state index contributed by atoms with van der Waals surface area (Å²) in [6, 6.07) is 18.6. The van der Waals surface area contributed by atoms with Crippen LogP contribution in [0.4, 0.5) is 10.5 Å². The molecule has 1 amide bonds. The summed E-state index contributed by atoms with van der Waals surface area (Å²) in [5.41, 5.74) is 2.09. The van der Waals surface area contributed by atoms with Crippen LogP contribution in [0.1, 0.15) is 16.1 Å². The first kappa shape index (κ1) is 15.5. The molecule has 0 saturated carbocycles. The number of para-hydroxylation sites is 1. The van der Waals surface area contributed by atoms with Crippen LogP contribution in [0.25, 0.3) is 5.69 Å². The van der Waals surface area contributed by atoms with Gasteiger partial charge in [0.15, 0.2) is 6.29 Å². The van der Waals surface area contributed by atoms with Gasteiger partial charge in [-0.1, -0.05) is 48.5 Å². The Morgan fingerprint density at radius 3 is 2.42 bits per heavy atom. The topological polar surface area (TPSA) is 73.2 Å². The van der Waals surface area contributed by atoms with Gasteiger partial charge in [0.2, 0.25) is 0 Å². The van der Waals surface area contributed by atoms with Crippen molar-refractivity contribution in [1.29, 1.82) is 0 Å². The standard InChI is InChI=1S/C18H15N3O3/c22-12-17-16(11-21(20-17)15-9-5-2-6-10-15)19-18(23)24-13-14-7-3-1-4-8-14/h1-12H,13H2,(H,19,23). The third kappa shape index (κ3) is 3.67. The van der Waals surface area contributed by atoms with E-state index in [1.807, 2.05) is 60.7 Å². The van der Waals surface area contributed by atoms with Crippen LogP contribution < -0.4 is 5.32 Å². The lowest BCUT2D eigenvalue weighted by Crippen LogP contribution is -2.14. The molecule has 0 aliphatic rings. The van der Waals surface area contributed by atoms with E-state index in [1.165, 1.54) is 4.68 Å². The van der Waals surface area contributed by atoms with E-state index < -0.39 is 6.09 Å². The molecule has 0 saturated heterocycles. The van der Waals surface area contributed by atoms with Crippen LogP contribution in [-0.2, 0) is 11.3 Å². The number of benzene rings is 2. The van der Waals surface area contributed by atoms with Gasteiger partial charge < -0.3 is 4.74 Å². The number of aldehydes is 1. The van der Waals surface area contributed by atoms with E-state index in [9.17, 15) is 9.59 Å². The summed E-state index contributed by atoms with van der Waals surface area (Å²) >= 11 is 0. The molecule has 6 nitrogen and oxygen atoms in total. The minimum absolute atomic E-state index is 0.135. The average molecular weight is 321 g/mol. The largest absolute Gasteiger partial charge is 0.444 e. The van der Waals surface area contributed by atoms with Crippen molar-refractivity contribution >= 4 is 18.1 Å². The first-order valence-corrected chi connectivity index (χ1v) is 7.34. The Morgan fingerprint density at radius 2 is 1.75 bits per heavy atom. The fourth-order valence-electron chi connectivity index (χ4n) is 2.15. The van der Waals surface area contributed by atoms with E-state index in [-0.39, 0.29) is 12.3 Å². The SMILES string of the molecule is O=Cc1nn(-c2ccccc2)cc1NC(=O)OCc1ccccc1. The smallest absolute Gasteiger partial charge is 0.412 e. The van der Waals surface area contributed by atoms with Gasteiger partial charge in [0.25, 0.3) is 0 Å². The Balaban J connectivity index is 1.69. The number of aromatic nitrogens is 2. The second kappa shape index (κ2) is 7.23. The van der Waals surface area contributed by atoms with E-state index in [4.69, 9.17) is 4.74 Å². The second-order valence-corrected chi connectivity index (χ2v) is 5.01. The Labute approximate surface area is 138 Å². The van der Waals surface area contributed by atoms with Gasteiger partial charge in [-0.25, -0.2) is 9.48 Å². The van der Waals surface area contributed by atoms with E-state index in [1.54, 1.807) is 6.20 Å². The zero-order valence-electron chi connectivity index (χ0n) is 12.8. The molecule has 3 rings (SSSR count). The molecule has 1 aromatic heterocycles. The number of nitrogens with one attached hydrogen (secondary N) is 1. The monoisotopic (exact) mass is 321 g/mol. The first-order chi connectivity index (χ1) is 11.8. The van der Waals surface area contributed by atoms with Gasteiger partial charge in [-0.15, -0.1) is 0 Å². The molecule has 6 heteroatoms. The number of carbonyl (C=O) groups excluding carboxylic acids is 2. The van der Waals surface area contributed by atoms with Gasteiger partial charge >= 0.3 is 6.09 Å². The molecule has 1 heterocycles. The maximum Gasteiger partial charge on any atom is 0.412 e. The number of nitrogens with zero attached hydrogens (tertiary/aromatic N) is 2. The maximum atomic E-state index is 11.9. The summed E-state index contributed by atoms with van der Waals surface area (Å²) < 4.78 is 6.67. The molecule has 120 valence electrons.